The van der Waals surface area contributed by atoms with Gasteiger partial charge in [-0.05, 0) is 93.1 Å². The molecule has 4 rings (SSSR count). The minimum Gasteiger partial charge on any atom is -0.462 e. The number of rotatable bonds is 11. The largest absolute Gasteiger partial charge is 0.462 e. The lowest BCUT2D eigenvalue weighted by molar-refractivity contribution is -0.151. The van der Waals surface area contributed by atoms with Gasteiger partial charge in [0.15, 0.2) is 5.78 Å². The number of carbonyl (C=O) groups is 2. The van der Waals surface area contributed by atoms with E-state index in [9.17, 15) is 9.59 Å². The van der Waals surface area contributed by atoms with Crippen LogP contribution in [0.25, 0.3) is 6.08 Å². The van der Waals surface area contributed by atoms with Crippen molar-refractivity contribution in [3.63, 3.8) is 0 Å². The highest BCUT2D eigenvalue weighted by Crippen LogP contribution is 2.31. The summed E-state index contributed by atoms with van der Waals surface area (Å²) in [5.74, 6) is 0.153. The van der Waals surface area contributed by atoms with Crippen LogP contribution in [0, 0.1) is 5.92 Å². The van der Waals surface area contributed by atoms with Crippen molar-refractivity contribution in [3.8, 4) is 0 Å². The summed E-state index contributed by atoms with van der Waals surface area (Å²) in [6, 6.07) is 18.4. The minimum absolute atomic E-state index is 0.0374. The Hall–Kier alpha value is -2.76. The van der Waals surface area contributed by atoms with E-state index in [4.69, 9.17) is 9.84 Å². The Morgan fingerprint density at radius 1 is 0.972 bits per heavy atom. The van der Waals surface area contributed by atoms with Crippen LogP contribution < -0.4 is 0 Å². The number of esters is 1. The summed E-state index contributed by atoms with van der Waals surface area (Å²) in [6.45, 7) is 2.61. The maximum Gasteiger partial charge on any atom is 0.313 e. The van der Waals surface area contributed by atoms with Crippen LogP contribution >= 0.6 is 0 Å². The second kappa shape index (κ2) is 13.5. The molecule has 5 heteroatoms. The van der Waals surface area contributed by atoms with Crippen molar-refractivity contribution in [2.75, 3.05) is 19.7 Å². The summed E-state index contributed by atoms with van der Waals surface area (Å²) in [7, 11) is 0. The second-order valence-electron chi connectivity index (χ2n) is 10.3. The van der Waals surface area contributed by atoms with Crippen LogP contribution in [0.15, 0.2) is 60.7 Å². The van der Waals surface area contributed by atoms with E-state index in [1.54, 1.807) is 6.08 Å². The van der Waals surface area contributed by atoms with Crippen molar-refractivity contribution in [2.45, 2.75) is 69.9 Å². The summed E-state index contributed by atoms with van der Waals surface area (Å²) >= 11 is 0. The van der Waals surface area contributed by atoms with Gasteiger partial charge in [0.2, 0.25) is 0 Å². The maximum atomic E-state index is 13.1. The average Bonchev–Trinajstić information content (AvgIpc) is 3.43. The normalized spacial score (nSPS) is 18.5. The quantitative estimate of drug-likeness (QED) is 0.332. The molecular formula is C31H39NO4. The number of aliphatic hydroxyl groups excluding tert-OH is 1. The summed E-state index contributed by atoms with van der Waals surface area (Å²) in [5, 5.41) is 8.82. The highest BCUT2D eigenvalue weighted by molar-refractivity contribution is 5.94. The predicted molar refractivity (Wildman–Crippen MR) is 142 cm³/mol. The summed E-state index contributed by atoms with van der Waals surface area (Å²) < 4.78 is 5.91. The molecule has 2 aromatic rings. The highest BCUT2D eigenvalue weighted by atomic mass is 16.5. The van der Waals surface area contributed by atoms with Gasteiger partial charge in [0, 0.05) is 6.54 Å². The lowest BCUT2D eigenvalue weighted by Crippen LogP contribution is -2.33. The molecule has 1 heterocycles. The number of carbonyl (C=O) groups excluding carboxylic acids is 2. The van der Waals surface area contributed by atoms with E-state index in [2.05, 4.69) is 29.2 Å². The molecule has 1 saturated carbocycles. The van der Waals surface area contributed by atoms with Gasteiger partial charge < -0.3 is 9.84 Å². The Morgan fingerprint density at radius 2 is 1.67 bits per heavy atom. The maximum absolute atomic E-state index is 13.1. The first kappa shape index (κ1) is 26.3. The molecule has 1 saturated heterocycles. The van der Waals surface area contributed by atoms with Gasteiger partial charge in [-0.1, -0.05) is 60.7 Å². The van der Waals surface area contributed by atoms with Gasteiger partial charge in [-0.3, -0.25) is 14.5 Å². The summed E-state index contributed by atoms with van der Waals surface area (Å²) in [4.78, 5) is 26.8. The van der Waals surface area contributed by atoms with Gasteiger partial charge in [-0.2, -0.15) is 0 Å². The number of nitrogens with zero attached hydrogens (tertiary/aromatic N) is 1. The lowest BCUT2D eigenvalue weighted by Gasteiger charge is -2.32. The summed E-state index contributed by atoms with van der Waals surface area (Å²) in [5.41, 5.74) is 3.30. The Labute approximate surface area is 215 Å². The smallest absolute Gasteiger partial charge is 0.313 e. The molecule has 1 aliphatic heterocycles. The van der Waals surface area contributed by atoms with Gasteiger partial charge in [0.1, 0.15) is 12.7 Å². The van der Waals surface area contributed by atoms with Gasteiger partial charge in [0.25, 0.3) is 0 Å². The predicted octanol–water partition coefficient (Wildman–Crippen LogP) is 5.52. The fourth-order valence-corrected chi connectivity index (χ4v) is 5.43. The van der Waals surface area contributed by atoms with E-state index in [-0.39, 0.29) is 23.8 Å². The number of ether oxygens (including phenoxy) is 1. The molecule has 0 aromatic heterocycles. The molecule has 192 valence electrons. The number of aliphatic hydroxyl groups is 1. The number of likely N-dealkylation sites (tertiary alicyclic amines) is 1. The van der Waals surface area contributed by atoms with E-state index < -0.39 is 6.61 Å². The molecule has 2 aromatic carbocycles. The van der Waals surface area contributed by atoms with Crippen molar-refractivity contribution in [3.05, 3.63) is 77.4 Å². The lowest BCUT2D eigenvalue weighted by atomic mass is 9.86. The molecule has 0 unspecified atom stereocenters. The molecule has 36 heavy (non-hydrogen) atoms. The first-order valence-electron chi connectivity index (χ1n) is 13.5. The first-order valence-corrected chi connectivity index (χ1v) is 13.5. The van der Waals surface area contributed by atoms with Crippen molar-refractivity contribution in [1.82, 2.24) is 4.90 Å². The molecule has 0 bridgehead atoms. The Bertz CT molecular complexity index is 987. The molecule has 1 N–H and O–H groups in total. The van der Waals surface area contributed by atoms with E-state index in [0.29, 0.717) is 5.92 Å². The number of benzene rings is 2. The molecule has 0 amide bonds. The zero-order valence-electron chi connectivity index (χ0n) is 21.2. The van der Waals surface area contributed by atoms with Crippen LogP contribution in [0.1, 0.15) is 74.0 Å². The van der Waals surface area contributed by atoms with Crippen LogP contribution in [-0.2, 0) is 20.9 Å². The topological polar surface area (TPSA) is 66.8 Å². The molecule has 1 atom stereocenters. The molecule has 2 aliphatic rings. The highest BCUT2D eigenvalue weighted by Gasteiger charge is 2.28. The van der Waals surface area contributed by atoms with Crippen molar-refractivity contribution in [1.29, 1.82) is 0 Å². The van der Waals surface area contributed by atoms with Crippen LogP contribution in [0.2, 0.25) is 0 Å². The molecule has 2 fully saturated rings. The van der Waals surface area contributed by atoms with Crippen LogP contribution in [-0.4, -0.2) is 47.6 Å². The number of hydrogen-bond acceptors (Lipinski definition) is 5. The molecular weight excluding hydrogens is 450 g/mol. The zero-order valence-corrected chi connectivity index (χ0v) is 21.2. The fourth-order valence-electron chi connectivity index (χ4n) is 5.43. The van der Waals surface area contributed by atoms with Crippen molar-refractivity contribution in [2.24, 2.45) is 5.92 Å². The number of hydrogen-bond donors (Lipinski definition) is 1. The third kappa shape index (κ3) is 7.87. The molecule has 0 spiro atoms. The van der Waals surface area contributed by atoms with E-state index in [0.717, 1.165) is 69.3 Å². The van der Waals surface area contributed by atoms with E-state index >= 15 is 0 Å². The first-order chi connectivity index (χ1) is 17.6. The molecule has 5 nitrogen and oxygen atoms in total. The Morgan fingerprint density at radius 3 is 2.33 bits per heavy atom. The Balaban J connectivity index is 1.24. The van der Waals surface area contributed by atoms with Gasteiger partial charge >= 0.3 is 5.97 Å². The van der Waals surface area contributed by atoms with Crippen LogP contribution in [0.4, 0.5) is 0 Å². The SMILES string of the molecule is O=C(/C=C/c1ccc(CN2CCC(CC[C@H](C(=O)OC3CCCC3)c3ccccc3)CC2)cc1)CO. The van der Waals surface area contributed by atoms with Crippen molar-refractivity contribution >= 4 is 17.8 Å². The van der Waals surface area contributed by atoms with Crippen LogP contribution in [0.3, 0.4) is 0 Å². The third-order valence-electron chi connectivity index (χ3n) is 7.65. The number of ketones is 1. The Kier molecular flexibility index (Phi) is 9.88. The average molecular weight is 490 g/mol. The molecule has 0 radical (unpaired) electrons. The minimum atomic E-state index is -0.456. The zero-order chi connectivity index (χ0) is 25.2. The van der Waals surface area contributed by atoms with E-state index in [1.165, 1.54) is 24.5 Å². The number of piperidine rings is 1. The van der Waals surface area contributed by atoms with Crippen LogP contribution in [0.5, 0.6) is 0 Å². The third-order valence-corrected chi connectivity index (χ3v) is 7.65. The van der Waals surface area contributed by atoms with Crippen molar-refractivity contribution < 1.29 is 19.4 Å². The van der Waals surface area contributed by atoms with Gasteiger partial charge in [-0.25, -0.2) is 0 Å². The van der Waals surface area contributed by atoms with Gasteiger partial charge in [0.05, 0.1) is 5.92 Å². The summed E-state index contributed by atoms with van der Waals surface area (Å²) in [6.07, 6.45) is 11.8. The van der Waals surface area contributed by atoms with Gasteiger partial charge in [-0.15, -0.1) is 0 Å². The fraction of sp³-hybridized carbons (Fsp3) is 0.484. The monoisotopic (exact) mass is 489 g/mol. The second-order valence-corrected chi connectivity index (χ2v) is 10.3. The molecule has 1 aliphatic carbocycles. The van der Waals surface area contributed by atoms with E-state index in [1.807, 2.05) is 30.3 Å². The standard InChI is InChI=1S/C31H39NO4/c33-23-28(34)16-14-24-10-12-26(13-11-24)22-32-20-18-25(19-21-32)15-17-30(27-6-2-1-3-7-27)31(35)36-29-8-4-5-9-29/h1-3,6-7,10-14,16,25,29-30,33H,4-5,8-9,15,17-23H2/b16-14+/t30-/m0/s1.